The van der Waals surface area contributed by atoms with Gasteiger partial charge in [0.2, 0.25) is 0 Å². The maximum absolute atomic E-state index is 13.2. The number of ether oxygens (including phenoxy) is 4. The maximum atomic E-state index is 13.2. The molecule has 3 unspecified atom stereocenters. The zero-order valence-corrected chi connectivity index (χ0v) is 72.1. The van der Waals surface area contributed by atoms with Crippen molar-refractivity contribution < 1.29 is 80.2 Å². The van der Waals surface area contributed by atoms with E-state index in [0.29, 0.717) is 25.7 Å². The number of rotatable bonds is 88. The summed E-state index contributed by atoms with van der Waals surface area (Å²) in [6.45, 7) is 7.41. The average Bonchev–Trinajstić information content (AvgIpc) is 0.900. The second-order valence-electron chi connectivity index (χ2n) is 31.9. The average molecular weight is 1560 g/mol. The smallest absolute Gasteiger partial charge is 0.462 e. The molecule has 0 spiro atoms. The molecule has 0 aliphatic rings. The van der Waals surface area contributed by atoms with Crippen LogP contribution in [0.2, 0.25) is 0 Å². The van der Waals surface area contributed by atoms with Crippen molar-refractivity contribution in [2.24, 2.45) is 5.92 Å². The molecule has 19 heteroatoms. The summed E-state index contributed by atoms with van der Waals surface area (Å²) in [6.07, 6.45) is 75.0. The van der Waals surface area contributed by atoms with Gasteiger partial charge in [0.25, 0.3) is 0 Å². The van der Waals surface area contributed by atoms with E-state index < -0.39 is 97.5 Å². The van der Waals surface area contributed by atoms with Gasteiger partial charge in [0.15, 0.2) is 12.2 Å². The van der Waals surface area contributed by atoms with Gasteiger partial charge in [-0.25, -0.2) is 9.13 Å². The molecule has 17 nitrogen and oxygen atoms in total. The van der Waals surface area contributed by atoms with E-state index in [1.165, 1.54) is 302 Å². The van der Waals surface area contributed by atoms with Crippen LogP contribution in [0, 0.1) is 5.92 Å². The number of hydrogen-bond acceptors (Lipinski definition) is 15. The topological polar surface area (TPSA) is 237 Å². The largest absolute Gasteiger partial charge is 0.472 e. The molecule has 0 aliphatic heterocycles. The number of phosphoric ester groups is 2. The summed E-state index contributed by atoms with van der Waals surface area (Å²) >= 11 is 0. The molecule has 0 aliphatic carbocycles. The van der Waals surface area contributed by atoms with Crippen LogP contribution in [0.5, 0.6) is 0 Å². The SMILES string of the molecule is CCCCCCCCCCCCCCCCCCCCCCC(=O)OC[C@H](COP(=O)(O)OC[C@@H](O)COP(=O)(O)OC[C@@H](COC(=O)CCCCCCCCCCC)OC(=O)CCCCCCCCCCCCCCCCC(C)CC)OC(=O)CCCCCCCCCCCCCCCCCCCCCC. The van der Waals surface area contributed by atoms with Crippen LogP contribution in [-0.4, -0.2) is 96.7 Å². The molecule has 0 heterocycles. The quantitative estimate of drug-likeness (QED) is 0.0222. The van der Waals surface area contributed by atoms with E-state index in [4.69, 9.17) is 37.0 Å². The lowest BCUT2D eigenvalue weighted by Gasteiger charge is -2.21. The van der Waals surface area contributed by atoms with Crippen molar-refractivity contribution in [3.8, 4) is 0 Å². The summed E-state index contributed by atoms with van der Waals surface area (Å²) in [5.74, 6) is -1.25. The summed E-state index contributed by atoms with van der Waals surface area (Å²) in [4.78, 5) is 73.2. The Hall–Kier alpha value is -1.94. The molecule has 0 saturated heterocycles. The van der Waals surface area contributed by atoms with Crippen molar-refractivity contribution in [2.45, 2.75) is 496 Å². The molecule has 107 heavy (non-hydrogen) atoms. The predicted molar refractivity (Wildman–Crippen MR) is 442 cm³/mol. The highest BCUT2D eigenvalue weighted by Gasteiger charge is 2.30. The summed E-state index contributed by atoms with van der Waals surface area (Å²) in [5, 5.41) is 10.7. The molecule has 636 valence electrons. The van der Waals surface area contributed by atoms with Gasteiger partial charge in [-0.05, 0) is 31.6 Å². The monoisotopic (exact) mass is 1560 g/mol. The van der Waals surface area contributed by atoms with Crippen LogP contribution >= 0.6 is 15.6 Å². The fourth-order valence-electron chi connectivity index (χ4n) is 13.8. The normalized spacial score (nSPS) is 14.0. The zero-order chi connectivity index (χ0) is 78.3. The van der Waals surface area contributed by atoms with Gasteiger partial charge in [0.1, 0.15) is 19.3 Å². The number of carbonyl (C=O) groups excluding carboxylic acids is 4. The first-order valence-corrected chi connectivity index (χ1v) is 48.7. The molecule has 0 aromatic heterocycles. The van der Waals surface area contributed by atoms with Crippen LogP contribution in [0.25, 0.3) is 0 Å². The van der Waals surface area contributed by atoms with Gasteiger partial charge in [-0.3, -0.25) is 37.3 Å². The van der Waals surface area contributed by atoms with Gasteiger partial charge in [0.05, 0.1) is 26.4 Å². The number of esters is 4. The first-order valence-electron chi connectivity index (χ1n) is 45.7. The van der Waals surface area contributed by atoms with Gasteiger partial charge in [-0.15, -0.1) is 0 Å². The number of aliphatic hydroxyl groups excluding tert-OH is 1. The van der Waals surface area contributed by atoms with Crippen LogP contribution in [0.1, 0.15) is 478 Å². The molecule has 6 atom stereocenters. The van der Waals surface area contributed by atoms with E-state index >= 15 is 0 Å². The summed E-state index contributed by atoms with van der Waals surface area (Å²) in [5.41, 5.74) is 0. The molecule has 0 aromatic rings. The van der Waals surface area contributed by atoms with Crippen molar-refractivity contribution >= 4 is 39.5 Å². The third-order valence-corrected chi connectivity index (χ3v) is 23.0. The van der Waals surface area contributed by atoms with E-state index in [9.17, 15) is 43.2 Å². The number of hydrogen-bond donors (Lipinski definition) is 3. The minimum absolute atomic E-state index is 0.108. The van der Waals surface area contributed by atoms with Crippen LogP contribution < -0.4 is 0 Å². The Morgan fingerprint density at radius 1 is 0.262 bits per heavy atom. The van der Waals surface area contributed by atoms with Crippen molar-refractivity contribution in [3.63, 3.8) is 0 Å². The van der Waals surface area contributed by atoms with Crippen molar-refractivity contribution in [2.75, 3.05) is 39.6 Å². The highest BCUT2D eigenvalue weighted by molar-refractivity contribution is 7.47. The van der Waals surface area contributed by atoms with E-state index in [1.54, 1.807) is 0 Å². The Morgan fingerprint density at radius 2 is 0.449 bits per heavy atom. The van der Waals surface area contributed by atoms with Gasteiger partial charge in [-0.2, -0.15) is 0 Å². The van der Waals surface area contributed by atoms with E-state index in [-0.39, 0.29) is 25.7 Å². The van der Waals surface area contributed by atoms with Gasteiger partial charge in [-0.1, -0.05) is 426 Å². The minimum atomic E-state index is -4.97. The third kappa shape index (κ3) is 80.5. The van der Waals surface area contributed by atoms with Crippen molar-refractivity contribution in [1.82, 2.24) is 0 Å². The van der Waals surface area contributed by atoms with Gasteiger partial charge < -0.3 is 33.8 Å². The van der Waals surface area contributed by atoms with Crippen LogP contribution in [0.3, 0.4) is 0 Å². The van der Waals surface area contributed by atoms with Crippen molar-refractivity contribution in [1.29, 1.82) is 0 Å². The molecular weight excluding hydrogens is 1390 g/mol. The Bertz CT molecular complexity index is 2030. The number of unbranched alkanes of at least 4 members (excludes halogenated alkanes) is 59. The molecule has 0 radical (unpaired) electrons. The molecule has 0 rings (SSSR count). The Kier molecular flexibility index (Phi) is 79.2. The fraction of sp³-hybridized carbons (Fsp3) is 0.955. The second kappa shape index (κ2) is 80.7. The molecular formula is C88H172O17P2. The minimum Gasteiger partial charge on any atom is -0.462 e. The number of aliphatic hydroxyl groups is 1. The Labute approximate surface area is 658 Å². The molecule has 3 N–H and O–H groups in total. The lowest BCUT2D eigenvalue weighted by molar-refractivity contribution is -0.161. The third-order valence-electron chi connectivity index (χ3n) is 21.1. The van der Waals surface area contributed by atoms with Crippen LogP contribution in [0.15, 0.2) is 0 Å². The van der Waals surface area contributed by atoms with Gasteiger partial charge in [0, 0.05) is 25.7 Å². The molecule has 0 amide bonds. The number of carbonyl (C=O) groups is 4. The summed E-state index contributed by atoms with van der Waals surface area (Å²) in [7, 11) is -9.93. The predicted octanol–water partition coefficient (Wildman–Crippen LogP) is 27.2. The van der Waals surface area contributed by atoms with Crippen LogP contribution in [0.4, 0.5) is 0 Å². The standard InChI is InChI=1S/C88H172O17P2/c1-6-10-13-16-19-22-24-26-28-30-32-34-36-38-43-47-52-57-62-67-72-86(91)99-78-84(105-88(93)73-68-63-58-53-48-44-39-37-35-33-31-29-27-25-23-20-17-14-11-7-2)80-103-107(96,97)101-76-82(89)75-100-106(94,95)102-79-83(77-98-85(90)71-66-61-56-50-21-18-15-12-8-3)104-87(92)74-69-64-59-54-49-45-41-40-42-46-51-55-60-65-70-81(5)9-4/h81-84,89H,6-80H2,1-5H3,(H,94,95)(H,96,97)/t81?,82-,83+,84+/m0/s1. The van der Waals surface area contributed by atoms with E-state index in [1.807, 2.05) is 0 Å². The maximum Gasteiger partial charge on any atom is 0.472 e. The second-order valence-corrected chi connectivity index (χ2v) is 34.8. The molecule has 0 bridgehead atoms. The highest BCUT2D eigenvalue weighted by atomic mass is 31.2. The van der Waals surface area contributed by atoms with E-state index in [2.05, 4.69) is 34.6 Å². The summed E-state index contributed by atoms with van der Waals surface area (Å²) in [6, 6.07) is 0. The van der Waals surface area contributed by atoms with E-state index in [0.717, 1.165) is 95.8 Å². The van der Waals surface area contributed by atoms with Gasteiger partial charge >= 0.3 is 39.5 Å². The fourth-order valence-corrected chi connectivity index (χ4v) is 15.4. The van der Waals surface area contributed by atoms with Crippen LogP contribution in [-0.2, 0) is 65.4 Å². The lowest BCUT2D eigenvalue weighted by atomic mass is 9.99. The number of phosphoric acid groups is 2. The summed E-state index contributed by atoms with van der Waals surface area (Å²) < 4.78 is 68.9. The molecule has 0 saturated carbocycles. The molecule has 0 fully saturated rings. The highest BCUT2D eigenvalue weighted by Crippen LogP contribution is 2.45. The zero-order valence-electron chi connectivity index (χ0n) is 70.3. The lowest BCUT2D eigenvalue weighted by Crippen LogP contribution is -2.30. The van der Waals surface area contributed by atoms with Crippen molar-refractivity contribution in [3.05, 3.63) is 0 Å². The Balaban J connectivity index is 5.20. The molecule has 0 aromatic carbocycles. The first kappa shape index (κ1) is 105. The Morgan fingerprint density at radius 3 is 0.664 bits per heavy atom. The first-order chi connectivity index (χ1) is 52.1.